The predicted molar refractivity (Wildman–Crippen MR) is 257 cm³/mol. The lowest BCUT2D eigenvalue weighted by molar-refractivity contribution is -0.214. The van der Waals surface area contributed by atoms with Crippen molar-refractivity contribution < 1.29 is 52.8 Å². The molecule has 4 aromatic rings. The number of allylic oxidation sites excluding steroid dienone is 1. The van der Waals surface area contributed by atoms with Crippen molar-refractivity contribution in [3.05, 3.63) is 149 Å². The van der Waals surface area contributed by atoms with Gasteiger partial charge in [0, 0.05) is 37.4 Å². The fraction of sp³-hybridized carbons (Fsp3) is 0.464. The highest BCUT2D eigenvalue weighted by Gasteiger charge is 2.77. The maximum atomic E-state index is 16.1. The van der Waals surface area contributed by atoms with Crippen molar-refractivity contribution in [1.82, 2.24) is 15.3 Å². The second kappa shape index (κ2) is 19.5. The van der Waals surface area contributed by atoms with E-state index in [0.29, 0.717) is 29.3 Å². The molecule has 2 bridgehead atoms. The van der Waals surface area contributed by atoms with Gasteiger partial charge in [0.25, 0.3) is 0 Å². The molecule has 4 aromatic carbocycles. The van der Waals surface area contributed by atoms with Crippen LogP contribution in [-0.2, 0) is 66.5 Å². The molecule has 2 amide bonds. The molecule has 10 rings (SSSR count). The number of nitrogens with zero attached hydrogens (tertiary/aromatic N) is 2. The highest BCUT2D eigenvalue weighted by Crippen LogP contribution is 2.60. The van der Waals surface area contributed by atoms with Crippen molar-refractivity contribution >= 4 is 29.8 Å². The summed E-state index contributed by atoms with van der Waals surface area (Å²) in [5, 5.41) is 15.0. The summed E-state index contributed by atoms with van der Waals surface area (Å²) in [6.45, 7) is 5.00. The molecule has 70 heavy (non-hydrogen) atoms. The van der Waals surface area contributed by atoms with Gasteiger partial charge in [-0.1, -0.05) is 127 Å². The Labute approximate surface area is 409 Å². The lowest BCUT2D eigenvalue weighted by Gasteiger charge is -2.50. The van der Waals surface area contributed by atoms with Gasteiger partial charge in [0.05, 0.1) is 31.4 Å². The highest BCUT2D eigenvalue weighted by molar-refractivity contribution is 5.96. The topological polar surface area (TPSA) is 166 Å². The second-order valence-electron chi connectivity index (χ2n) is 20.7. The zero-order chi connectivity index (χ0) is 48.8. The van der Waals surface area contributed by atoms with Crippen LogP contribution >= 0.6 is 0 Å². The molecule has 2 N–H and O–H groups in total. The van der Waals surface area contributed by atoms with Crippen LogP contribution in [0.4, 0.5) is 0 Å². The van der Waals surface area contributed by atoms with Gasteiger partial charge in [-0.2, -0.15) is 5.06 Å². The Morgan fingerprint density at radius 1 is 0.871 bits per heavy atom. The third-order valence-electron chi connectivity index (χ3n) is 14.9. The van der Waals surface area contributed by atoms with E-state index in [1.807, 2.05) is 115 Å². The molecule has 0 radical (unpaired) electrons. The number of carbonyl (C=O) groups is 4. The monoisotopic (exact) mass is 953 g/mol. The van der Waals surface area contributed by atoms with Gasteiger partial charge in [0.1, 0.15) is 41.5 Å². The minimum absolute atomic E-state index is 0.0280. The number of benzene rings is 4. The zero-order valence-corrected chi connectivity index (χ0v) is 40.2. The standard InChI is InChI=1S/C56H63N3O11/c1-54(2,3)67-46(61)29-27-41(34-60)57-51(62)42(30-35-16-8-5-9-17-35)58(4)53(64)55-32-45-47-48(69-56(68-47,39-20-10-6-11-21-39)40-22-12-7-13-23-40)50(55)70-59(49(55)52(63)66-45)33-38-19-15-14-18-37(38)26-24-36-25-28-43-44(31-36)65-43/h5-24,26,36,41-45,47-50,60H,25,27-34H2,1-4H3,(H,57,62). The molecule has 0 spiro atoms. The molecule has 6 fully saturated rings. The normalized spacial score (nSPS) is 29.3. The average Bonchev–Trinajstić information content (AvgIpc) is 3.88. The molecule has 4 saturated heterocycles. The van der Waals surface area contributed by atoms with E-state index in [0.717, 1.165) is 36.0 Å². The largest absolute Gasteiger partial charge is 0.460 e. The van der Waals surface area contributed by atoms with Crippen molar-refractivity contribution in [2.45, 2.75) is 138 Å². The molecule has 11 unspecified atom stereocenters. The number of amides is 2. The predicted octanol–water partition coefficient (Wildman–Crippen LogP) is 6.42. The molecule has 6 aliphatic rings. The van der Waals surface area contributed by atoms with E-state index in [2.05, 4.69) is 17.5 Å². The first kappa shape index (κ1) is 47.9. The number of esters is 2. The van der Waals surface area contributed by atoms with Gasteiger partial charge in [-0.15, -0.1) is 0 Å². The number of fused-ring (bicyclic) bond motifs is 5. The number of ether oxygens (including phenoxy) is 5. The Morgan fingerprint density at radius 2 is 1.53 bits per heavy atom. The minimum Gasteiger partial charge on any atom is -0.460 e. The summed E-state index contributed by atoms with van der Waals surface area (Å²) in [6, 6.07) is 33.3. The molecular formula is C56H63N3O11. The van der Waals surface area contributed by atoms with E-state index >= 15 is 4.79 Å². The van der Waals surface area contributed by atoms with Gasteiger partial charge in [-0.3, -0.25) is 24.0 Å². The number of hydroxylamine groups is 2. The molecule has 4 aliphatic heterocycles. The Morgan fingerprint density at radius 3 is 2.20 bits per heavy atom. The molecule has 14 nitrogen and oxygen atoms in total. The third kappa shape index (κ3) is 9.33. The smallest absolute Gasteiger partial charge is 0.327 e. The van der Waals surface area contributed by atoms with Crippen LogP contribution < -0.4 is 5.32 Å². The molecule has 368 valence electrons. The van der Waals surface area contributed by atoms with E-state index in [4.69, 9.17) is 28.5 Å². The Bertz CT molecular complexity index is 2530. The highest BCUT2D eigenvalue weighted by atomic mass is 16.8. The maximum Gasteiger partial charge on any atom is 0.327 e. The number of epoxide rings is 1. The second-order valence-corrected chi connectivity index (χ2v) is 20.7. The molecule has 11 atom stereocenters. The van der Waals surface area contributed by atoms with Crippen LogP contribution in [-0.4, -0.2) is 113 Å². The third-order valence-corrected chi connectivity index (χ3v) is 14.9. The number of hydrogen-bond donors (Lipinski definition) is 2. The molecule has 14 heteroatoms. The van der Waals surface area contributed by atoms with Crippen LogP contribution in [0.5, 0.6) is 0 Å². The summed E-state index contributed by atoms with van der Waals surface area (Å²) in [5.74, 6) is -3.21. The minimum atomic E-state index is -1.63. The van der Waals surface area contributed by atoms with E-state index < -0.39 is 89.7 Å². The van der Waals surface area contributed by atoms with Crippen LogP contribution in [0.15, 0.2) is 121 Å². The first-order chi connectivity index (χ1) is 33.8. The summed E-state index contributed by atoms with van der Waals surface area (Å²) in [4.78, 5) is 67.0. The van der Waals surface area contributed by atoms with Gasteiger partial charge in [-0.05, 0) is 69.1 Å². The average molecular weight is 954 g/mol. The number of aliphatic hydroxyl groups is 1. The van der Waals surface area contributed by atoms with Crippen LogP contribution in [0.3, 0.4) is 0 Å². The lowest BCUT2D eigenvalue weighted by Crippen LogP contribution is -2.70. The fourth-order valence-corrected chi connectivity index (χ4v) is 11.4. The van der Waals surface area contributed by atoms with E-state index in [-0.39, 0.29) is 32.2 Å². The summed E-state index contributed by atoms with van der Waals surface area (Å²) in [6.07, 6.45) is 4.62. The number of likely N-dealkylation sites (N-methyl/N-ethyl adjacent to an activating group) is 1. The van der Waals surface area contributed by atoms with Crippen LogP contribution in [0.2, 0.25) is 0 Å². The van der Waals surface area contributed by atoms with Crippen molar-refractivity contribution in [2.75, 3.05) is 13.7 Å². The van der Waals surface area contributed by atoms with E-state index in [1.54, 1.807) is 32.9 Å². The van der Waals surface area contributed by atoms with Crippen LogP contribution in [0, 0.1) is 11.3 Å². The molecule has 2 aliphatic carbocycles. The van der Waals surface area contributed by atoms with Gasteiger partial charge in [0.2, 0.25) is 17.6 Å². The SMILES string of the molecule is CN(C(=O)C12CC3OC(=O)C1N(Cc1ccccc1C=CC1CCC4OC4C1)OC2C1OC(c2ccccc2)(c2ccccc2)OC31)C(Cc1ccccc1)C(=O)NC(CO)CCC(=O)OC(C)(C)C. The molecule has 4 heterocycles. The number of nitrogens with one attached hydrogen (secondary N) is 1. The van der Waals surface area contributed by atoms with Gasteiger partial charge < -0.3 is 39.0 Å². The number of rotatable bonds is 16. The Hall–Kier alpha value is -5.74. The number of hydrogen-bond acceptors (Lipinski definition) is 12. The van der Waals surface area contributed by atoms with Crippen molar-refractivity contribution in [1.29, 1.82) is 0 Å². The maximum absolute atomic E-state index is 16.1. The summed E-state index contributed by atoms with van der Waals surface area (Å²) >= 11 is 0. The summed E-state index contributed by atoms with van der Waals surface area (Å²) in [7, 11) is 1.58. The summed E-state index contributed by atoms with van der Waals surface area (Å²) in [5.41, 5.74) is 1.72. The van der Waals surface area contributed by atoms with Crippen molar-refractivity contribution in [2.24, 2.45) is 11.3 Å². The molecule has 2 saturated carbocycles. The van der Waals surface area contributed by atoms with Crippen molar-refractivity contribution in [3.63, 3.8) is 0 Å². The van der Waals surface area contributed by atoms with Crippen molar-refractivity contribution in [3.8, 4) is 0 Å². The van der Waals surface area contributed by atoms with Crippen LogP contribution in [0.1, 0.15) is 87.1 Å². The number of aliphatic hydroxyl groups excluding tert-OH is 1. The summed E-state index contributed by atoms with van der Waals surface area (Å²) < 4.78 is 32.1. The lowest BCUT2D eigenvalue weighted by atomic mass is 9.62. The first-order valence-electron chi connectivity index (χ1n) is 24.7. The van der Waals surface area contributed by atoms with Gasteiger partial charge in [-0.25, -0.2) is 0 Å². The Kier molecular flexibility index (Phi) is 13.3. The van der Waals surface area contributed by atoms with Gasteiger partial charge in [0.15, 0.2) is 6.04 Å². The molecular weight excluding hydrogens is 891 g/mol. The Balaban J connectivity index is 1.02. The van der Waals surface area contributed by atoms with Gasteiger partial charge >= 0.3 is 11.9 Å². The van der Waals surface area contributed by atoms with E-state index in [1.165, 1.54) is 4.90 Å². The first-order valence-corrected chi connectivity index (χ1v) is 24.7. The number of carbonyl (C=O) groups excluding carboxylic acids is 4. The fourth-order valence-electron chi connectivity index (χ4n) is 11.4. The van der Waals surface area contributed by atoms with Crippen LogP contribution in [0.25, 0.3) is 6.08 Å². The quantitative estimate of drug-likeness (QED) is 0.0937. The zero-order valence-electron chi connectivity index (χ0n) is 40.2. The van der Waals surface area contributed by atoms with E-state index in [9.17, 15) is 19.5 Å². The molecule has 0 aromatic heterocycles.